The highest BCUT2D eigenvalue weighted by molar-refractivity contribution is 6.39. The van der Waals surface area contributed by atoms with E-state index in [0.717, 1.165) is 44.8 Å². The molecule has 3 nitrogen and oxygen atoms in total. The van der Waals surface area contributed by atoms with Gasteiger partial charge in [-0.3, -0.25) is 4.79 Å². The molecule has 2 N–H and O–H groups in total. The Morgan fingerprint density at radius 3 is 1.96 bits per heavy atom. The minimum absolute atomic E-state index is 0.0886. The zero-order valence-electron chi connectivity index (χ0n) is 15.1. The van der Waals surface area contributed by atoms with Crippen LogP contribution in [0.5, 0.6) is 0 Å². The van der Waals surface area contributed by atoms with Crippen molar-refractivity contribution in [2.45, 2.75) is 48.5 Å². The van der Waals surface area contributed by atoms with Gasteiger partial charge in [0.1, 0.15) is 5.76 Å². The van der Waals surface area contributed by atoms with E-state index in [0.29, 0.717) is 11.1 Å². The number of aryl methyl sites for hydroxylation is 1. The molecule has 0 spiro atoms. The molecule has 0 bridgehead atoms. The molecule has 0 aliphatic heterocycles. The van der Waals surface area contributed by atoms with Crippen LogP contribution in [0.1, 0.15) is 50.2 Å². The summed E-state index contributed by atoms with van der Waals surface area (Å²) in [6.45, 7) is 17.6. The van der Waals surface area contributed by atoms with Crippen LogP contribution in [0.4, 0.5) is 0 Å². The van der Waals surface area contributed by atoms with Crippen molar-refractivity contribution in [2.24, 2.45) is 0 Å². The minimum atomic E-state index is -0.0989. The molecular formula is C20H25NO2. The van der Waals surface area contributed by atoms with Gasteiger partial charge in [-0.2, -0.15) is 0 Å². The van der Waals surface area contributed by atoms with Gasteiger partial charge in [-0.25, -0.2) is 0 Å². The number of allylic oxidation sites excluding steroid dienone is 6. The van der Waals surface area contributed by atoms with Crippen LogP contribution in [0.2, 0.25) is 0 Å². The monoisotopic (exact) mass is 311 g/mol. The highest BCUT2D eigenvalue weighted by Gasteiger charge is 2.38. The Kier molecular flexibility index (Phi) is 4.25. The van der Waals surface area contributed by atoms with Crippen molar-refractivity contribution in [1.29, 1.82) is 0 Å². The van der Waals surface area contributed by atoms with Crippen LogP contribution in [-0.2, 0) is 4.79 Å². The zero-order chi connectivity index (χ0) is 17.6. The molecule has 0 amide bonds. The molecule has 3 heteroatoms. The Labute approximate surface area is 138 Å². The first-order valence-electron chi connectivity index (χ1n) is 7.78. The lowest BCUT2D eigenvalue weighted by atomic mass is 9.80. The summed E-state index contributed by atoms with van der Waals surface area (Å²) in [5.74, 6) is -0.0102. The van der Waals surface area contributed by atoms with Gasteiger partial charge in [0.25, 0.3) is 0 Å². The third-order valence-corrected chi connectivity index (χ3v) is 5.13. The summed E-state index contributed by atoms with van der Waals surface area (Å²) >= 11 is 0. The summed E-state index contributed by atoms with van der Waals surface area (Å²) in [6.07, 6.45) is 0. The number of Topliss-reactive ketones (excluding diaryl/α,β-unsaturated/α-hetero) is 1. The van der Waals surface area contributed by atoms with Gasteiger partial charge in [-0.15, -0.1) is 0 Å². The van der Waals surface area contributed by atoms with E-state index < -0.39 is 0 Å². The summed E-state index contributed by atoms with van der Waals surface area (Å²) in [4.78, 5) is 15.9. The lowest BCUT2D eigenvalue weighted by Crippen LogP contribution is -2.23. The van der Waals surface area contributed by atoms with Crippen LogP contribution < -0.4 is 0 Å². The molecule has 0 atom stereocenters. The molecule has 1 aliphatic rings. The first-order valence-corrected chi connectivity index (χ1v) is 7.78. The molecule has 0 aromatic carbocycles. The predicted octanol–water partition coefficient (Wildman–Crippen LogP) is 5.02. The van der Waals surface area contributed by atoms with Crippen LogP contribution in [-0.4, -0.2) is 15.9 Å². The smallest absolute Gasteiger partial charge is 0.202 e. The van der Waals surface area contributed by atoms with Gasteiger partial charge in [-0.05, 0) is 76.3 Å². The second-order valence-electron chi connectivity index (χ2n) is 6.46. The highest BCUT2D eigenvalue weighted by atomic mass is 16.3. The fourth-order valence-electron chi connectivity index (χ4n) is 2.86. The lowest BCUT2D eigenvalue weighted by Gasteiger charge is -2.24. The summed E-state index contributed by atoms with van der Waals surface area (Å²) < 4.78 is 0. The number of nitrogens with one attached hydrogen (secondary N) is 1. The molecule has 2 rings (SSSR count). The summed E-state index contributed by atoms with van der Waals surface area (Å²) in [5.41, 5.74) is 8.52. The number of carbonyl (C=O) groups excluding carboxylic acids is 1. The number of aliphatic hydroxyl groups is 1. The van der Waals surface area contributed by atoms with Crippen LogP contribution in [0.15, 0.2) is 40.2 Å². The maximum atomic E-state index is 12.6. The van der Waals surface area contributed by atoms with E-state index in [1.54, 1.807) is 0 Å². The summed E-state index contributed by atoms with van der Waals surface area (Å²) in [6, 6.07) is 0. The number of H-pyrrole nitrogens is 1. The molecule has 0 unspecified atom stereocenters. The Hall–Kier alpha value is -2.29. The van der Waals surface area contributed by atoms with Gasteiger partial charge in [0.15, 0.2) is 0 Å². The van der Waals surface area contributed by atoms with Gasteiger partial charge >= 0.3 is 0 Å². The number of ketones is 1. The van der Waals surface area contributed by atoms with E-state index in [-0.39, 0.29) is 11.5 Å². The van der Waals surface area contributed by atoms with Crippen LogP contribution in [0.25, 0.3) is 5.57 Å². The van der Waals surface area contributed by atoms with Crippen molar-refractivity contribution in [1.82, 2.24) is 4.98 Å². The van der Waals surface area contributed by atoms with Crippen molar-refractivity contribution in [2.75, 3.05) is 0 Å². The average Bonchev–Trinajstić information content (AvgIpc) is 2.73. The third kappa shape index (κ3) is 2.50. The molecule has 122 valence electrons. The third-order valence-electron chi connectivity index (χ3n) is 5.13. The quantitative estimate of drug-likeness (QED) is 0.608. The normalized spacial score (nSPS) is 18.0. The first kappa shape index (κ1) is 17.1. The number of carbonyl (C=O) groups is 1. The Balaban J connectivity index is 2.60. The Morgan fingerprint density at radius 2 is 1.57 bits per heavy atom. The highest BCUT2D eigenvalue weighted by Crippen LogP contribution is 2.41. The van der Waals surface area contributed by atoms with Crippen molar-refractivity contribution in [3.05, 3.63) is 62.7 Å². The zero-order valence-corrected chi connectivity index (χ0v) is 15.1. The first-order chi connectivity index (χ1) is 10.6. The number of rotatable bonds is 3. The van der Waals surface area contributed by atoms with Crippen LogP contribution in [0, 0.1) is 20.8 Å². The molecule has 1 heterocycles. The van der Waals surface area contributed by atoms with Gasteiger partial charge in [0.2, 0.25) is 5.78 Å². The predicted molar refractivity (Wildman–Crippen MR) is 95.4 cm³/mol. The van der Waals surface area contributed by atoms with E-state index in [2.05, 4.69) is 11.6 Å². The SMILES string of the molecule is C=C(C)/C(C)=C(C)\C(C)=C1\C(=O)C(c2[nH]c(C)c(C)c2C)=C1O. The van der Waals surface area contributed by atoms with Crippen molar-refractivity contribution >= 4 is 11.4 Å². The van der Waals surface area contributed by atoms with Gasteiger partial charge < -0.3 is 10.1 Å². The van der Waals surface area contributed by atoms with Gasteiger partial charge in [0.05, 0.1) is 16.8 Å². The molecule has 1 aliphatic carbocycles. The van der Waals surface area contributed by atoms with Crippen molar-refractivity contribution in [3.63, 3.8) is 0 Å². The molecular weight excluding hydrogens is 286 g/mol. The van der Waals surface area contributed by atoms with E-state index >= 15 is 0 Å². The van der Waals surface area contributed by atoms with Gasteiger partial charge in [-0.1, -0.05) is 12.2 Å². The molecule has 0 saturated heterocycles. The second-order valence-corrected chi connectivity index (χ2v) is 6.46. The number of aromatic amines is 1. The Morgan fingerprint density at radius 1 is 1.00 bits per heavy atom. The molecule has 23 heavy (non-hydrogen) atoms. The van der Waals surface area contributed by atoms with E-state index in [1.807, 2.05) is 48.5 Å². The number of hydrogen-bond acceptors (Lipinski definition) is 2. The number of aromatic nitrogens is 1. The van der Waals surface area contributed by atoms with E-state index in [4.69, 9.17) is 0 Å². The Bertz CT molecular complexity index is 826. The van der Waals surface area contributed by atoms with Crippen LogP contribution in [0.3, 0.4) is 0 Å². The maximum absolute atomic E-state index is 12.6. The van der Waals surface area contributed by atoms with E-state index in [9.17, 15) is 9.90 Å². The fourth-order valence-corrected chi connectivity index (χ4v) is 2.86. The fraction of sp³-hybridized carbons (Fsp3) is 0.350. The largest absolute Gasteiger partial charge is 0.506 e. The van der Waals surface area contributed by atoms with Crippen molar-refractivity contribution in [3.8, 4) is 0 Å². The molecule has 1 aromatic heterocycles. The summed E-state index contributed by atoms with van der Waals surface area (Å²) in [5, 5.41) is 10.5. The number of hydrogen-bond donors (Lipinski definition) is 2. The standard InChI is InChI=1S/C20H25NO2/c1-9(2)10(3)11(4)13(6)16-19(22)17(20(16)23)18-14(7)12(5)15(8)21-18/h21-22H,1H2,2-8H3/b11-10-,16-13+. The van der Waals surface area contributed by atoms with Crippen molar-refractivity contribution < 1.29 is 9.90 Å². The maximum Gasteiger partial charge on any atom is 0.202 e. The number of aliphatic hydroxyl groups excluding tert-OH is 1. The molecule has 0 radical (unpaired) electrons. The molecule has 1 aromatic rings. The topological polar surface area (TPSA) is 53.1 Å². The van der Waals surface area contributed by atoms with Gasteiger partial charge in [0, 0.05) is 5.69 Å². The average molecular weight is 311 g/mol. The van der Waals surface area contributed by atoms with E-state index in [1.165, 1.54) is 0 Å². The molecule has 0 fully saturated rings. The van der Waals surface area contributed by atoms with Crippen LogP contribution >= 0.6 is 0 Å². The minimum Gasteiger partial charge on any atom is -0.506 e. The molecule has 0 saturated carbocycles. The summed E-state index contributed by atoms with van der Waals surface area (Å²) in [7, 11) is 0. The lowest BCUT2D eigenvalue weighted by molar-refractivity contribution is -0.111. The second kappa shape index (κ2) is 5.73.